The summed E-state index contributed by atoms with van der Waals surface area (Å²) in [6.07, 6.45) is 4.00. The molecule has 0 aromatic carbocycles. The third-order valence-electron chi connectivity index (χ3n) is 2.46. The number of aryl methyl sites for hydroxylation is 2. The number of aromatic nitrogens is 3. The molecule has 0 aliphatic carbocycles. The van der Waals surface area contributed by atoms with Crippen molar-refractivity contribution in [2.24, 2.45) is 7.05 Å². The van der Waals surface area contributed by atoms with Crippen molar-refractivity contribution in [2.45, 2.75) is 13.3 Å². The number of nitro groups is 1. The minimum absolute atomic E-state index is 0.00874. The normalized spacial score (nSPS) is 10.3. The first-order valence-electron chi connectivity index (χ1n) is 5.50. The van der Waals surface area contributed by atoms with E-state index < -0.39 is 4.92 Å². The number of nitrogens with one attached hydrogen (secondary N) is 1. The van der Waals surface area contributed by atoms with Crippen molar-refractivity contribution < 1.29 is 4.92 Å². The Labute approximate surface area is 104 Å². The van der Waals surface area contributed by atoms with Crippen LogP contribution >= 0.6 is 0 Å². The van der Waals surface area contributed by atoms with E-state index in [2.05, 4.69) is 15.4 Å². The summed E-state index contributed by atoms with van der Waals surface area (Å²) in [6, 6.07) is 2.75. The van der Waals surface area contributed by atoms with Crippen LogP contribution in [0.2, 0.25) is 0 Å². The Hall–Kier alpha value is -2.44. The van der Waals surface area contributed by atoms with Crippen LogP contribution in [0.15, 0.2) is 24.5 Å². The second kappa shape index (κ2) is 4.82. The van der Waals surface area contributed by atoms with E-state index >= 15 is 0 Å². The van der Waals surface area contributed by atoms with Crippen molar-refractivity contribution in [1.82, 2.24) is 14.8 Å². The second-order valence-corrected chi connectivity index (χ2v) is 3.80. The van der Waals surface area contributed by atoms with E-state index in [1.807, 2.05) is 20.2 Å². The first-order valence-corrected chi connectivity index (χ1v) is 5.50. The lowest BCUT2D eigenvalue weighted by molar-refractivity contribution is -0.384. The topological polar surface area (TPSA) is 85.9 Å². The SMILES string of the molecule is CCc1nn(C)cc1Nc1cc([N+](=O)[O-])ccn1. The molecule has 0 radical (unpaired) electrons. The molecule has 0 spiro atoms. The lowest BCUT2D eigenvalue weighted by Crippen LogP contribution is -1.97. The van der Waals surface area contributed by atoms with Gasteiger partial charge in [0, 0.05) is 25.5 Å². The highest BCUT2D eigenvalue weighted by Gasteiger charge is 2.10. The molecule has 18 heavy (non-hydrogen) atoms. The number of hydrogen-bond donors (Lipinski definition) is 1. The van der Waals surface area contributed by atoms with Crippen LogP contribution in [0.5, 0.6) is 0 Å². The second-order valence-electron chi connectivity index (χ2n) is 3.80. The van der Waals surface area contributed by atoms with Crippen LogP contribution in [0.3, 0.4) is 0 Å². The van der Waals surface area contributed by atoms with Crippen LogP contribution in [-0.2, 0) is 13.5 Å². The van der Waals surface area contributed by atoms with E-state index in [9.17, 15) is 10.1 Å². The monoisotopic (exact) mass is 247 g/mol. The molecule has 0 saturated heterocycles. The van der Waals surface area contributed by atoms with Crippen molar-refractivity contribution in [3.8, 4) is 0 Å². The Morgan fingerprint density at radius 3 is 3.00 bits per heavy atom. The van der Waals surface area contributed by atoms with Gasteiger partial charge in [0.2, 0.25) is 0 Å². The number of hydrogen-bond acceptors (Lipinski definition) is 5. The molecule has 0 unspecified atom stereocenters. The van der Waals surface area contributed by atoms with Gasteiger partial charge in [-0.3, -0.25) is 14.8 Å². The van der Waals surface area contributed by atoms with Crippen LogP contribution < -0.4 is 5.32 Å². The highest BCUT2D eigenvalue weighted by molar-refractivity contribution is 5.59. The Kier molecular flexibility index (Phi) is 3.22. The van der Waals surface area contributed by atoms with Gasteiger partial charge in [-0.1, -0.05) is 6.92 Å². The zero-order valence-corrected chi connectivity index (χ0v) is 10.1. The summed E-state index contributed by atoms with van der Waals surface area (Å²) < 4.78 is 1.69. The molecule has 7 heteroatoms. The maximum atomic E-state index is 10.7. The van der Waals surface area contributed by atoms with Crippen LogP contribution in [0.25, 0.3) is 0 Å². The Bertz CT molecular complexity index is 579. The van der Waals surface area contributed by atoms with Gasteiger partial charge in [-0.15, -0.1) is 0 Å². The molecule has 2 rings (SSSR count). The third-order valence-corrected chi connectivity index (χ3v) is 2.46. The number of nitrogens with zero attached hydrogens (tertiary/aromatic N) is 4. The van der Waals surface area contributed by atoms with Gasteiger partial charge in [0.1, 0.15) is 5.82 Å². The Morgan fingerprint density at radius 2 is 2.33 bits per heavy atom. The predicted molar refractivity (Wildman–Crippen MR) is 66.8 cm³/mol. The van der Waals surface area contributed by atoms with E-state index in [-0.39, 0.29) is 5.69 Å². The van der Waals surface area contributed by atoms with Crippen LogP contribution in [0.1, 0.15) is 12.6 Å². The standard InChI is InChI=1S/C11H13N5O2/c1-3-9-10(7-15(2)14-9)13-11-6-8(16(17)18)4-5-12-11/h4-7H,3H2,1-2H3,(H,12,13). The number of rotatable bonds is 4. The molecule has 0 atom stereocenters. The van der Waals surface area contributed by atoms with Crippen molar-refractivity contribution in [2.75, 3.05) is 5.32 Å². The molecule has 2 aromatic heterocycles. The molecule has 94 valence electrons. The van der Waals surface area contributed by atoms with Gasteiger partial charge in [0.25, 0.3) is 5.69 Å². The van der Waals surface area contributed by atoms with Crippen LogP contribution in [0.4, 0.5) is 17.2 Å². The summed E-state index contributed by atoms with van der Waals surface area (Å²) in [7, 11) is 1.82. The summed E-state index contributed by atoms with van der Waals surface area (Å²) in [5.41, 5.74) is 1.72. The molecule has 0 fully saturated rings. The summed E-state index contributed by atoms with van der Waals surface area (Å²) in [4.78, 5) is 14.3. The van der Waals surface area contributed by atoms with Crippen molar-refractivity contribution in [1.29, 1.82) is 0 Å². The molecule has 1 N–H and O–H groups in total. The van der Waals surface area contributed by atoms with Crippen LogP contribution in [-0.4, -0.2) is 19.7 Å². The lowest BCUT2D eigenvalue weighted by atomic mass is 10.3. The average Bonchev–Trinajstić information content (AvgIpc) is 2.69. The summed E-state index contributed by atoms with van der Waals surface area (Å²) in [6.45, 7) is 1.99. The molecule has 7 nitrogen and oxygen atoms in total. The van der Waals surface area contributed by atoms with Gasteiger partial charge < -0.3 is 5.32 Å². The zero-order chi connectivity index (χ0) is 13.1. The fraction of sp³-hybridized carbons (Fsp3) is 0.273. The molecule has 0 bridgehead atoms. The number of anilines is 2. The quantitative estimate of drug-likeness (QED) is 0.659. The van der Waals surface area contributed by atoms with Crippen molar-refractivity contribution >= 4 is 17.2 Å². The first kappa shape index (κ1) is 12.0. The molecule has 0 saturated carbocycles. The van der Waals surface area contributed by atoms with Crippen molar-refractivity contribution in [3.63, 3.8) is 0 Å². The van der Waals surface area contributed by atoms with Crippen molar-refractivity contribution in [3.05, 3.63) is 40.3 Å². The van der Waals surface area contributed by atoms with Gasteiger partial charge in [-0.05, 0) is 6.42 Å². The molecule has 2 heterocycles. The Balaban J connectivity index is 2.28. The fourth-order valence-corrected chi connectivity index (χ4v) is 1.64. The average molecular weight is 247 g/mol. The summed E-state index contributed by atoms with van der Waals surface area (Å²) in [5.74, 6) is 0.437. The summed E-state index contributed by atoms with van der Waals surface area (Å²) in [5, 5.41) is 18.0. The van der Waals surface area contributed by atoms with Gasteiger partial charge in [-0.2, -0.15) is 5.10 Å². The fourth-order valence-electron chi connectivity index (χ4n) is 1.64. The largest absolute Gasteiger partial charge is 0.337 e. The number of pyridine rings is 1. The smallest absolute Gasteiger partial charge is 0.274 e. The van der Waals surface area contributed by atoms with Gasteiger partial charge in [0.05, 0.1) is 22.4 Å². The van der Waals surface area contributed by atoms with E-state index in [1.54, 1.807) is 4.68 Å². The predicted octanol–water partition coefficient (Wildman–Crippen LogP) is 2.03. The molecule has 2 aromatic rings. The van der Waals surface area contributed by atoms with Crippen LogP contribution in [0, 0.1) is 10.1 Å². The molecular formula is C11H13N5O2. The highest BCUT2D eigenvalue weighted by Crippen LogP contribution is 2.21. The maximum absolute atomic E-state index is 10.7. The van der Waals surface area contributed by atoms with Gasteiger partial charge in [-0.25, -0.2) is 4.98 Å². The highest BCUT2D eigenvalue weighted by atomic mass is 16.6. The first-order chi connectivity index (χ1) is 8.60. The van der Waals surface area contributed by atoms with E-state index in [0.29, 0.717) is 5.82 Å². The zero-order valence-electron chi connectivity index (χ0n) is 10.1. The van der Waals surface area contributed by atoms with Gasteiger partial charge >= 0.3 is 0 Å². The van der Waals surface area contributed by atoms with Gasteiger partial charge in [0.15, 0.2) is 0 Å². The molecule has 0 aliphatic heterocycles. The summed E-state index contributed by atoms with van der Waals surface area (Å²) >= 11 is 0. The molecular weight excluding hydrogens is 234 g/mol. The van der Waals surface area contributed by atoms with E-state index in [1.165, 1.54) is 18.3 Å². The third kappa shape index (κ3) is 2.45. The maximum Gasteiger partial charge on any atom is 0.274 e. The Morgan fingerprint density at radius 1 is 1.56 bits per heavy atom. The van der Waals surface area contributed by atoms with E-state index in [4.69, 9.17) is 0 Å². The minimum atomic E-state index is -0.448. The van der Waals surface area contributed by atoms with E-state index in [0.717, 1.165) is 17.8 Å². The lowest BCUT2D eigenvalue weighted by Gasteiger charge is -2.03. The molecule has 0 amide bonds. The molecule has 0 aliphatic rings. The minimum Gasteiger partial charge on any atom is -0.337 e.